The second kappa shape index (κ2) is 5.41. The lowest BCUT2D eigenvalue weighted by Crippen LogP contribution is -2.35. The Kier molecular flexibility index (Phi) is 3.90. The lowest BCUT2D eigenvalue weighted by atomic mass is 10.1. The number of nitrogens with one attached hydrogen (secondary N) is 1. The first-order chi connectivity index (χ1) is 7.77. The van der Waals surface area contributed by atoms with Gasteiger partial charge in [0.1, 0.15) is 12.9 Å². The summed E-state index contributed by atoms with van der Waals surface area (Å²) >= 11 is 0. The minimum Gasteiger partial charge on any atom is -0.369 e. The standard InChI is InChI=1S/C11H20N4O/c1-9(2)15-11(13-8-14-15)7-16-10-4-3-5-12-6-10/h8-10,12H,3-7H2,1-2H3. The van der Waals surface area contributed by atoms with Crippen LogP contribution in [0, 0.1) is 0 Å². The number of hydrogen-bond donors (Lipinski definition) is 1. The van der Waals surface area contributed by atoms with Crippen LogP contribution in [0.3, 0.4) is 0 Å². The topological polar surface area (TPSA) is 52.0 Å². The van der Waals surface area contributed by atoms with Crippen LogP contribution >= 0.6 is 0 Å². The molecular weight excluding hydrogens is 204 g/mol. The molecule has 0 bridgehead atoms. The number of hydrogen-bond acceptors (Lipinski definition) is 4. The predicted octanol–water partition coefficient (Wildman–Crippen LogP) is 1.13. The summed E-state index contributed by atoms with van der Waals surface area (Å²) in [5.74, 6) is 0.917. The Labute approximate surface area is 96.2 Å². The summed E-state index contributed by atoms with van der Waals surface area (Å²) in [7, 11) is 0. The van der Waals surface area contributed by atoms with Crippen LogP contribution in [0.1, 0.15) is 38.6 Å². The van der Waals surface area contributed by atoms with Crippen molar-refractivity contribution in [3.63, 3.8) is 0 Å². The maximum atomic E-state index is 5.83. The molecule has 0 amide bonds. The lowest BCUT2D eigenvalue weighted by molar-refractivity contribution is 0.0196. The fourth-order valence-electron chi connectivity index (χ4n) is 1.96. The maximum absolute atomic E-state index is 5.83. The van der Waals surface area contributed by atoms with Gasteiger partial charge in [-0.1, -0.05) is 0 Å². The number of nitrogens with zero attached hydrogens (tertiary/aromatic N) is 3. The van der Waals surface area contributed by atoms with Crippen molar-refractivity contribution in [3.8, 4) is 0 Å². The van der Waals surface area contributed by atoms with E-state index in [-0.39, 0.29) is 0 Å². The largest absolute Gasteiger partial charge is 0.369 e. The third-order valence-corrected chi connectivity index (χ3v) is 2.84. The number of rotatable bonds is 4. The predicted molar refractivity (Wildman–Crippen MR) is 61.1 cm³/mol. The molecule has 5 heteroatoms. The number of ether oxygens (including phenoxy) is 1. The van der Waals surface area contributed by atoms with E-state index in [1.165, 1.54) is 6.42 Å². The van der Waals surface area contributed by atoms with Crippen molar-refractivity contribution in [2.45, 2.75) is 45.4 Å². The average molecular weight is 224 g/mol. The third kappa shape index (κ3) is 2.80. The van der Waals surface area contributed by atoms with Gasteiger partial charge in [-0.15, -0.1) is 0 Å². The van der Waals surface area contributed by atoms with Gasteiger partial charge >= 0.3 is 0 Å². The van der Waals surface area contributed by atoms with E-state index < -0.39 is 0 Å². The summed E-state index contributed by atoms with van der Waals surface area (Å²) in [5.41, 5.74) is 0. The zero-order chi connectivity index (χ0) is 11.4. The molecule has 1 aromatic rings. The normalized spacial score (nSPS) is 21.6. The van der Waals surface area contributed by atoms with Gasteiger partial charge in [0.2, 0.25) is 0 Å². The van der Waals surface area contributed by atoms with E-state index >= 15 is 0 Å². The first-order valence-electron chi connectivity index (χ1n) is 5.98. The molecule has 16 heavy (non-hydrogen) atoms. The third-order valence-electron chi connectivity index (χ3n) is 2.84. The van der Waals surface area contributed by atoms with E-state index in [2.05, 4.69) is 29.2 Å². The molecule has 0 saturated carbocycles. The van der Waals surface area contributed by atoms with Crippen molar-refractivity contribution in [1.82, 2.24) is 20.1 Å². The monoisotopic (exact) mass is 224 g/mol. The molecule has 1 aliphatic rings. The molecule has 1 N–H and O–H groups in total. The summed E-state index contributed by atoms with van der Waals surface area (Å²) in [4.78, 5) is 4.23. The quantitative estimate of drug-likeness (QED) is 0.833. The van der Waals surface area contributed by atoms with Gasteiger partial charge in [-0.2, -0.15) is 5.10 Å². The Morgan fingerprint density at radius 3 is 3.19 bits per heavy atom. The first kappa shape index (κ1) is 11.5. The summed E-state index contributed by atoms with van der Waals surface area (Å²) in [6.45, 7) is 6.82. The molecule has 90 valence electrons. The Hall–Kier alpha value is -0.940. The molecule has 0 aliphatic carbocycles. The zero-order valence-electron chi connectivity index (χ0n) is 10.0. The molecule has 0 aromatic carbocycles. The Morgan fingerprint density at radius 1 is 1.62 bits per heavy atom. The molecule has 0 spiro atoms. The molecule has 1 aromatic heterocycles. The number of aromatic nitrogens is 3. The molecule has 2 heterocycles. The Morgan fingerprint density at radius 2 is 2.50 bits per heavy atom. The van der Waals surface area contributed by atoms with Crippen LogP contribution in [0.15, 0.2) is 6.33 Å². The van der Waals surface area contributed by atoms with Crippen molar-refractivity contribution in [2.75, 3.05) is 13.1 Å². The molecule has 0 radical (unpaired) electrons. The minimum absolute atomic E-state index is 0.325. The molecule has 1 saturated heterocycles. The SMILES string of the molecule is CC(C)n1ncnc1COC1CCCNC1. The van der Waals surface area contributed by atoms with Crippen molar-refractivity contribution in [2.24, 2.45) is 0 Å². The lowest BCUT2D eigenvalue weighted by Gasteiger charge is -2.23. The van der Waals surface area contributed by atoms with Crippen molar-refractivity contribution in [3.05, 3.63) is 12.2 Å². The summed E-state index contributed by atoms with van der Waals surface area (Å²) in [5, 5.41) is 7.52. The van der Waals surface area contributed by atoms with Crippen LogP contribution in [0.25, 0.3) is 0 Å². The zero-order valence-corrected chi connectivity index (χ0v) is 10.0. The van der Waals surface area contributed by atoms with Crippen LogP contribution in [0.4, 0.5) is 0 Å². The van der Waals surface area contributed by atoms with Crippen LogP contribution < -0.4 is 5.32 Å². The van der Waals surface area contributed by atoms with Gasteiger partial charge in [-0.3, -0.25) is 0 Å². The second-order valence-corrected chi connectivity index (χ2v) is 4.49. The van der Waals surface area contributed by atoms with Crippen LogP contribution in [-0.4, -0.2) is 34.0 Å². The van der Waals surface area contributed by atoms with E-state index in [1.807, 2.05) is 4.68 Å². The summed E-state index contributed by atoms with van der Waals surface area (Å²) in [6, 6.07) is 0.339. The second-order valence-electron chi connectivity index (χ2n) is 4.49. The highest BCUT2D eigenvalue weighted by molar-refractivity contribution is 4.84. The molecular formula is C11H20N4O. The molecule has 1 aliphatic heterocycles. The number of piperidine rings is 1. The highest BCUT2D eigenvalue weighted by atomic mass is 16.5. The van der Waals surface area contributed by atoms with Gasteiger partial charge < -0.3 is 10.1 Å². The smallest absolute Gasteiger partial charge is 0.153 e. The molecule has 1 unspecified atom stereocenters. The Bertz CT molecular complexity index is 318. The highest BCUT2D eigenvalue weighted by Gasteiger charge is 2.15. The van der Waals surface area contributed by atoms with Crippen molar-refractivity contribution < 1.29 is 4.74 Å². The fourth-order valence-corrected chi connectivity index (χ4v) is 1.96. The van der Waals surface area contributed by atoms with E-state index in [0.717, 1.165) is 25.3 Å². The Balaban J connectivity index is 1.86. The van der Waals surface area contributed by atoms with E-state index in [0.29, 0.717) is 18.8 Å². The van der Waals surface area contributed by atoms with Gasteiger partial charge in [0.05, 0.1) is 6.10 Å². The van der Waals surface area contributed by atoms with Gasteiger partial charge in [-0.25, -0.2) is 9.67 Å². The van der Waals surface area contributed by atoms with E-state index in [1.54, 1.807) is 6.33 Å². The minimum atomic E-state index is 0.325. The van der Waals surface area contributed by atoms with Gasteiger partial charge in [0, 0.05) is 12.6 Å². The summed E-state index contributed by atoms with van der Waals surface area (Å²) < 4.78 is 7.75. The average Bonchev–Trinajstić information content (AvgIpc) is 2.76. The van der Waals surface area contributed by atoms with E-state index in [4.69, 9.17) is 4.74 Å². The maximum Gasteiger partial charge on any atom is 0.153 e. The fraction of sp³-hybridized carbons (Fsp3) is 0.818. The van der Waals surface area contributed by atoms with Gasteiger partial charge in [0.25, 0.3) is 0 Å². The molecule has 1 atom stereocenters. The van der Waals surface area contributed by atoms with Crippen LogP contribution in [0.2, 0.25) is 0 Å². The first-order valence-corrected chi connectivity index (χ1v) is 5.98. The highest BCUT2D eigenvalue weighted by Crippen LogP contribution is 2.11. The van der Waals surface area contributed by atoms with Crippen LogP contribution in [-0.2, 0) is 11.3 Å². The molecule has 2 rings (SSSR count). The summed E-state index contributed by atoms with van der Waals surface area (Å²) in [6.07, 6.45) is 4.26. The van der Waals surface area contributed by atoms with E-state index in [9.17, 15) is 0 Å². The molecule has 5 nitrogen and oxygen atoms in total. The van der Waals surface area contributed by atoms with Crippen LogP contribution in [0.5, 0.6) is 0 Å². The van der Waals surface area contributed by atoms with Gasteiger partial charge in [-0.05, 0) is 33.2 Å². The van der Waals surface area contributed by atoms with Gasteiger partial charge in [0.15, 0.2) is 5.82 Å². The van der Waals surface area contributed by atoms with Crippen molar-refractivity contribution >= 4 is 0 Å². The van der Waals surface area contributed by atoms with Crippen molar-refractivity contribution in [1.29, 1.82) is 0 Å². The molecule has 1 fully saturated rings.